The number of anilines is 1. The minimum Gasteiger partial charge on any atom is -0.369 e. The number of hydrogen-bond acceptors (Lipinski definition) is 4. The van der Waals surface area contributed by atoms with E-state index >= 15 is 0 Å². The molecule has 7 nitrogen and oxygen atoms in total. The summed E-state index contributed by atoms with van der Waals surface area (Å²) in [4.78, 5) is 2.57. The first-order valence-electron chi connectivity index (χ1n) is 12.5. The molecule has 0 bridgehead atoms. The Morgan fingerprint density at radius 1 is 0.947 bits per heavy atom. The fourth-order valence-electron chi connectivity index (χ4n) is 5.21. The minimum atomic E-state index is -3.64. The molecular formula is C29H28FN5O2S. The van der Waals surface area contributed by atoms with E-state index in [2.05, 4.69) is 16.1 Å². The second-order valence-corrected chi connectivity index (χ2v) is 11.6. The molecule has 6 rings (SSSR count). The van der Waals surface area contributed by atoms with Crippen LogP contribution in [0.25, 0.3) is 16.6 Å². The molecule has 0 saturated carbocycles. The fraction of sp³-hybridized carbons (Fsp3) is 0.207. The number of aryl methyl sites for hydroxylation is 1. The van der Waals surface area contributed by atoms with Crippen molar-refractivity contribution >= 4 is 26.6 Å². The monoisotopic (exact) mass is 529 g/mol. The summed E-state index contributed by atoms with van der Waals surface area (Å²) in [6.45, 7) is 1.54. The quantitative estimate of drug-likeness (QED) is 0.322. The first-order valence-corrected chi connectivity index (χ1v) is 14.0. The molecule has 38 heavy (non-hydrogen) atoms. The lowest BCUT2D eigenvalue weighted by Crippen LogP contribution is -2.56. The van der Waals surface area contributed by atoms with Gasteiger partial charge in [0.2, 0.25) is 10.0 Å². The van der Waals surface area contributed by atoms with Gasteiger partial charge in [0.25, 0.3) is 0 Å². The van der Waals surface area contributed by atoms with E-state index in [1.165, 1.54) is 12.1 Å². The van der Waals surface area contributed by atoms with Crippen LogP contribution in [0.4, 0.5) is 10.1 Å². The fourth-order valence-corrected chi connectivity index (χ4v) is 6.87. The van der Waals surface area contributed by atoms with Crippen molar-refractivity contribution in [2.24, 2.45) is 7.05 Å². The zero-order chi connectivity index (χ0) is 26.3. The maximum atomic E-state index is 13.6. The zero-order valence-electron chi connectivity index (χ0n) is 21.0. The number of hydrogen-bond donors (Lipinski definition) is 0. The summed E-state index contributed by atoms with van der Waals surface area (Å²) < 4.78 is 45.9. The van der Waals surface area contributed by atoms with Gasteiger partial charge in [-0.2, -0.15) is 9.40 Å². The Balaban J connectivity index is 1.30. The Labute approximate surface area is 221 Å². The van der Waals surface area contributed by atoms with Crippen molar-refractivity contribution in [3.8, 4) is 5.69 Å². The molecule has 1 saturated heterocycles. The predicted octanol–water partition coefficient (Wildman–Crippen LogP) is 4.63. The van der Waals surface area contributed by atoms with Crippen molar-refractivity contribution in [3.63, 3.8) is 0 Å². The van der Waals surface area contributed by atoms with Crippen LogP contribution >= 0.6 is 0 Å². The highest BCUT2D eigenvalue weighted by Gasteiger charge is 2.36. The van der Waals surface area contributed by atoms with Gasteiger partial charge in [-0.25, -0.2) is 17.5 Å². The van der Waals surface area contributed by atoms with Crippen molar-refractivity contribution in [1.29, 1.82) is 0 Å². The summed E-state index contributed by atoms with van der Waals surface area (Å²) in [5.74, 6) is -0.286. The maximum absolute atomic E-state index is 13.6. The molecule has 2 aromatic heterocycles. The summed E-state index contributed by atoms with van der Waals surface area (Å²) in [6.07, 6.45) is 5.85. The highest BCUT2D eigenvalue weighted by Crippen LogP contribution is 2.29. The number of aromatic nitrogens is 3. The van der Waals surface area contributed by atoms with Crippen LogP contribution < -0.4 is 4.90 Å². The van der Waals surface area contributed by atoms with E-state index in [4.69, 9.17) is 0 Å². The third-order valence-corrected chi connectivity index (χ3v) is 9.08. The Morgan fingerprint density at radius 3 is 2.45 bits per heavy atom. The van der Waals surface area contributed by atoms with Crippen LogP contribution in [0, 0.1) is 5.82 Å². The number of halogens is 1. The Kier molecular flexibility index (Phi) is 6.25. The summed E-state index contributed by atoms with van der Waals surface area (Å²) in [5.41, 5.74) is 3.83. The van der Waals surface area contributed by atoms with Crippen molar-refractivity contribution in [1.82, 2.24) is 18.7 Å². The number of fused-ring (bicyclic) bond motifs is 1. The van der Waals surface area contributed by atoms with Gasteiger partial charge in [0.1, 0.15) is 5.82 Å². The SMILES string of the molecule is Cn1ccc(S(=O)(=O)N2CCN(c3ccc4c(cnn4-c4ccc(F)cc4)c3)C[C@H]2Cc2ccccc2)c1. The minimum absolute atomic E-state index is 0.228. The third-order valence-electron chi connectivity index (χ3n) is 7.14. The maximum Gasteiger partial charge on any atom is 0.244 e. The number of rotatable bonds is 6. The van der Waals surface area contributed by atoms with Crippen molar-refractivity contribution < 1.29 is 12.8 Å². The standard InChI is InChI=1S/C29H28FN5O2S/c1-32-14-13-28(21-32)38(36,37)34-16-15-33(20-27(34)17-22-5-3-2-4-6-22)26-11-12-29-23(18-26)19-31-35(29)25-9-7-24(30)8-10-25/h2-14,18-19,21,27H,15-17,20H2,1H3/t27-/m1/s1. The molecule has 0 spiro atoms. The van der Waals surface area contributed by atoms with Gasteiger partial charge < -0.3 is 9.47 Å². The molecule has 1 aliphatic rings. The Hall–Kier alpha value is -3.95. The summed E-state index contributed by atoms with van der Waals surface area (Å²) in [6, 6.07) is 23.9. The lowest BCUT2D eigenvalue weighted by molar-refractivity contribution is 0.288. The summed E-state index contributed by atoms with van der Waals surface area (Å²) >= 11 is 0. The van der Waals surface area contributed by atoms with E-state index in [1.54, 1.807) is 50.3 Å². The van der Waals surface area contributed by atoms with Crippen LogP contribution in [-0.4, -0.2) is 52.7 Å². The smallest absolute Gasteiger partial charge is 0.244 e. The average Bonchev–Trinajstić information content (AvgIpc) is 3.56. The van der Waals surface area contributed by atoms with E-state index in [1.807, 2.05) is 49.5 Å². The highest BCUT2D eigenvalue weighted by molar-refractivity contribution is 7.89. The van der Waals surface area contributed by atoms with E-state index in [9.17, 15) is 12.8 Å². The number of sulfonamides is 1. The van der Waals surface area contributed by atoms with Gasteiger partial charge in [-0.3, -0.25) is 0 Å². The molecule has 9 heteroatoms. The van der Waals surface area contributed by atoms with Gasteiger partial charge in [0.05, 0.1) is 22.3 Å². The van der Waals surface area contributed by atoms with Gasteiger partial charge in [-0.05, 0) is 60.5 Å². The molecule has 5 aromatic rings. The molecule has 0 amide bonds. The van der Waals surface area contributed by atoms with Gasteiger partial charge in [0.15, 0.2) is 0 Å². The Bertz CT molecular complexity index is 1680. The molecule has 0 N–H and O–H groups in total. The van der Waals surface area contributed by atoms with Gasteiger partial charge in [-0.15, -0.1) is 0 Å². The van der Waals surface area contributed by atoms with Gasteiger partial charge in [0, 0.05) is 56.2 Å². The van der Waals surface area contributed by atoms with Crippen LogP contribution in [0.15, 0.2) is 102 Å². The number of nitrogens with zero attached hydrogens (tertiary/aromatic N) is 5. The molecular weight excluding hydrogens is 501 g/mol. The van der Waals surface area contributed by atoms with E-state index in [-0.39, 0.29) is 11.9 Å². The molecule has 1 atom stereocenters. The molecule has 0 aliphatic carbocycles. The number of benzene rings is 3. The van der Waals surface area contributed by atoms with E-state index in [0.29, 0.717) is 31.0 Å². The normalized spacial score (nSPS) is 16.8. The Morgan fingerprint density at radius 2 is 1.71 bits per heavy atom. The third kappa shape index (κ3) is 4.59. The zero-order valence-corrected chi connectivity index (χ0v) is 21.8. The summed E-state index contributed by atoms with van der Waals surface area (Å²) in [7, 11) is -1.81. The molecule has 194 valence electrons. The predicted molar refractivity (Wildman–Crippen MR) is 146 cm³/mol. The lowest BCUT2D eigenvalue weighted by atomic mass is 10.0. The number of piperazine rings is 1. The average molecular weight is 530 g/mol. The van der Waals surface area contributed by atoms with Crippen molar-refractivity contribution in [2.75, 3.05) is 24.5 Å². The lowest BCUT2D eigenvalue weighted by Gasteiger charge is -2.41. The second-order valence-electron chi connectivity index (χ2n) is 9.69. The topological polar surface area (TPSA) is 63.4 Å². The van der Waals surface area contributed by atoms with Gasteiger partial charge >= 0.3 is 0 Å². The first kappa shape index (κ1) is 24.4. The molecule has 3 aromatic carbocycles. The largest absolute Gasteiger partial charge is 0.369 e. The molecule has 1 fully saturated rings. The van der Waals surface area contributed by atoms with Gasteiger partial charge in [-0.1, -0.05) is 30.3 Å². The van der Waals surface area contributed by atoms with E-state index in [0.717, 1.165) is 27.8 Å². The highest BCUT2D eigenvalue weighted by atomic mass is 32.2. The van der Waals surface area contributed by atoms with Crippen molar-refractivity contribution in [2.45, 2.75) is 17.4 Å². The second kappa shape index (κ2) is 9.74. The van der Waals surface area contributed by atoms with Crippen LogP contribution in [0.3, 0.4) is 0 Å². The molecule has 0 radical (unpaired) electrons. The molecule has 0 unspecified atom stereocenters. The van der Waals surface area contributed by atoms with E-state index < -0.39 is 10.0 Å². The summed E-state index contributed by atoms with van der Waals surface area (Å²) in [5, 5.41) is 5.48. The van der Waals surface area contributed by atoms with Crippen LogP contribution in [0.5, 0.6) is 0 Å². The van der Waals surface area contributed by atoms with Crippen LogP contribution in [-0.2, 0) is 23.5 Å². The van der Waals surface area contributed by atoms with Crippen LogP contribution in [0.1, 0.15) is 5.56 Å². The molecule has 3 heterocycles. The first-order chi connectivity index (χ1) is 18.4. The van der Waals surface area contributed by atoms with Crippen LogP contribution in [0.2, 0.25) is 0 Å². The van der Waals surface area contributed by atoms with Crippen molar-refractivity contribution in [3.05, 3.63) is 109 Å². The molecule has 1 aliphatic heterocycles.